The molecule has 8 nitrogen and oxygen atoms in total. The summed E-state index contributed by atoms with van der Waals surface area (Å²) >= 11 is 7.33. The van der Waals surface area contributed by atoms with Gasteiger partial charge in [0, 0.05) is 126 Å². The van der Waals surface area contributed by atoms with Gasteiger partial charge in [0.15, 0.2) is 11.6 Å². The average molecular weight is 1810 g/mol. The van der Waals surface area contributed by atoms with Gasteiger partial charge in [-0.3, -0.25) is 0 Å². The predicted molar refractivity (Wildman–Crippen MR) is 586 cm³/mol. The van der Waals surface area contributed by atoms with Gasteiger partial charge in [-0.15, -0.1) is 45.3 Å². The van der Waals surface area contributed by atoms with Crippen LogP contribution in [-0.2, 0) is 0 Å². The molecule has 0 atom stereocenters. The second kappa shape index (κ2) is 31.7. The lowest BCUT2D eigenvalue weighted by Crippen LogP contribution is -1.99. The zero-order valence-corrected chi connectivity index (χ0v) is 76.8. The van der Waals surface area contributed by atoms with E-state index in [9.17, 15) is 0 Å². The fourth-order valence-corrected chi connectivity index (χ4v) is 26.0. The summed E-state index contributed by atoms with van der Waals surface area (Å²) in [6.45, 7) is 2.11. The number of hydrogen-bond donors (Lipinski definition) is 0. The van der Waals surface area contributed by atoms with Gasteiger partial charge >= 0.3 is 0 Å². The molecule has 30 rings (SSSR count). The van der Waals surface area contributed by atoms with Crippen LogP contribution in [-0.4, -0.2) is 39.9 Å². The van der Waals surface area contributed by atoms with Crippen LogP contribution in [0.25, 0.3) is 290 Å². The number of thiophene rings is 4. The van der Waals surface area contributed by atoms with Crippen LogP contribution in [0, 0.1) is 6.92 Å². The van der Waals surface area contributed by atoms with Gasteiger partial charge in [-0.05, 0) is 144 Å². The zero-order chi connectivity index (χ0) is 90.0. The minimum absolute atomic E-state index is 0.629. The lowest BCUT2D eigenvalue weighted by atomic mass is 9.94. The van der Waals surface area contributed by atoms with E-state index in [1.807, 2.05) is 63.5 Å². The molecule has 10 heterocycles. The summed E-state index contributed by atoms with van der Waals surface area (Å²) in [6.07, 6.45) is 0. The first kappa shape index (κ1) is 78.8. The molecule has 0 bridgehead atoms. The van der Waals surface area contributed by atoms with Crippen molar-refractivity contribution in [2.75, 3.05) is 0 Å². The van der Waals surface area contributed by atoms with Crippen LogP contribution >= 0.6 is 45.3 Å². The van der Waals surface area contributed by atoms with Crippen LogP contribution < -0.4 is 0 Å². The number of para-hydroxylation sites is 3. The van der Waals surface area contributed by atoms with E-state index in [0.29, 0.717) is 11.6 Å². The number of pyridine rings is 4. The molecule has 30 aromatic rings. The Kier molecular flexibility index (Phi) is 18.2. The highest BCUT2D eigenvalue weighted by molar-refractivity contribution is 7.28. The van der Waals surface area contributed by atoms with Gasteiger partial charge in [-0.25, -0.2) is 39.9 Å². The molecule has 0 aliphatic rings. The Morgan fingerprint density at radius 3 is 0.949 bits per heavy atom. The maximum Gasteiger partial charge on any atom is 0.179 e. The summed E-state index contributed by atoms with van der Waals surface area (Å²) in [7, 11) is 0. The third-order valence-corrected chi connectivity index (χ3v) is 32.1. The van der Waals surface area contributed by atoms with Crippen molar-refractivity contribution in [3.05, 3.63) is 424 Å². The number of rotatable bonds is 7. The smallest absolute Gasteiger partial charge is 0.179 e. The van der Waals surface area contributed by atoms with Gasteiger partial charge in [0.2, 0.25) is 0 Å². The minimum atomic E-state index is 0.629. The largest absolute Gasteiger partial charge is 0.246 e. The van der Waals surface area contributed by atoms with Gasteiger partial charge in [0.05, 0.1) is 70.0 Å². The Morgan fingerprint density at radius 2 is 0.489 bits per heavy atom. The molecule has 0 aliphatic carbocycles. The first-order chi connectivity index (χ1) is 67.9. The molecular weight excluding hydrogens is 1740 g/mol. The van der Waals surface area contributed by atoms with Gasteiger partial charge in [0.1, 0.15) is 11.4 Å². The summed E-state index contributed by atoms with van der Waals surface area (Å²) in [6, 6.07) is 149. The Balaban J connectivity index is 0.000000102. The summed E-state index contributed by atoms with van der Waals surface area (Å²) in [5.74, 6) is 1.27. The second-order valence-corrected chi connectivity index (χ2v) is 39.5. The van der Waals surface area contributed by atoms with Crippen molar-refractivity contribution in [1.82, 2.24) is 39.9 Å². The normalized spacial score (nSPS) is 12.0. The van der Waals surface area contributed by atoms with Crippen molar-refractivity contribution in [3.63, 3.8) is 0 Å². The number of aryl methyl sites for hydroxylation is 1. The van der Waals surface area contributed by atoms with Gasteiger partial charge in [-0.2, -0.15) is 0 Å². The SMILES string of the molecule is Cc1ccc(-c2nc(-c3nc4c5sc6ccccc6c5c5ccccc5c4c4ccccc34)nc3ccccc23)cc1.c1ccc(-c2cccc(-c3nc(-c4nc5c6sc7ccccc7c6c6ccccc6c5c5ccccc45)nc4ccccc34)c2)cc1.c1ccc2c(-c3ccc4sc5ccccc5c4c3)cc(-c3nc4c5sc6ccccc6c5c5ccccc5c4c4ccccc34)nc2c1. The maximum atomic E-state index is 5.62. The van der Waals surface area contributed by atoms with E-state index in [4.69, 9.17) is 39.9 Å². The lowest BCUT2D eigenvalue weighted by Gasteiger charge is -2.15. The molecular formula is C125H72N8S4. The highest BCUT2D eigenvalue weighted by atomic mass is 32.1. The third kappa shape index (κ3) is 12.7. The molecule has 10 aromatic heterocycles. The Bertz CT molecular complexity index is 10400. The molecule has 0 amide bonds. The van der Waals surface area contributed by atoms with E-state index >= 15 is 0 Å². The number of benzene rings is 20. The molecule has 0 radical (unpaired) electrons. The van der Waals surface area contributed by atoms with Gasteiger partial charge in [0.25, 0.3) is 0 Å². The number of aromatic nitrogens is 8. The fraction of sp³-hybridized carbons (Fsp3) is 0.00800. The fourth-order valence-electron chi connectivity index (χ4n) is 21.3. The number of fused-ring (bicyclic) bond motifs is 36. The summed E-state index contributed by atoms with van der Waals surface area (Å²) in [4.78, 5) is 42.9. The summed E-state index contributed by atoms with van der Waals surface area (Å²) in [5.41, 5.74) is 19.1. The number of hydrogen-bond acceptors (Lipinski definition) is 12. The molecule has 0 saturated carbocycles. The quantitative estimate of drug-likeness (QED) is 0.145. The van der Waals surface area contributed by atoms with Crippen LogP contribution in [0.4, 0.5) is 0 Å². The van der Waals surface area contributed by atoms with E-state index in [2.05, 4.69) is 407 Å². The van der Waals surface area contributed by atoms with E-state index in [-0.39, 0.29) is 0 Å². The molecule has 0 saturated heterocycles. The summed E-state index contributed by atoms with van der Waals surface area (Å²) < 4.78 is 10.1. The van der Waals surface area contributed by atoms with E-state index < -0.39 is 0 Å². The standard InChI is InChI=1S/C44H24N2S2.C43H25N3S.C38H23N3S/c1-2-14-29-28(13-1)40-30-15-3-4-16-31(30)42(46-43(40)44-41(29)32-17-7-10-20-38(32)48-44)36-24-33(26-11-5-8-18-35(26)45-36)25-21-22-39-34(23-25)27-12-6-9-19-37(27)47-39;1-2-13-26(14-3-1)27-15-12-16-28(25-27)39-33-21-8-10-23-35(33)44-43(46-39)40-32-20-7-6-19-31(32)37-29-17-4-5-18-30(29)38-34-22-9-11-24-36(34)47-42(38)41(37)45-40;1-22-18-20-23(21-19-22)34-28-14-6-8-16-30(28)39-38(41-34)35-27-13-5-4-12-26(27)32-24-10-2-3-11-25(24)33-29-15-7-9-17-31(29)42-37(33)36(32)40-35/h1-24H;1-25H;2-21H,1H3. The monoisotopic (exact) mass is 1810 g/mol. The molecule has 636 valence electrons. The second-order valence-electron chi connectivity index (χ2n) is 35.3. The van der Waals surface area contributed by atoms with Crippen LogP contribution in [0.3, 0.4) is 0 Å². The molecule has 137 heavy (non-hydrogen) atoms. The van der Waals surface area contributed by atoms with Crippen LogP contribution in [0.1, 0.15) is 5.56 Å². The van der Waals surface area contributed by atoms with Gasteiger partial charge in [-0.1, -0.05) is 357 Å². The van der Waals surface area contributed by atoms with E-state index in [0.717, 1.165) is 122 Å². The highest BCUT2D eigenvalue weighted by Gasteiger charge is 2.28. The molecule has 0 aliphatic heterocycles. The van der Waals surface area contributed by atoms with E-state index in [1.54, 1.807) is 0 Å². The Hall–Kier alpha value is -16.8. The molecule has 0 unspecified atom stereocenters. The molecule has 0 N–H and O–H groups in total. The first-order valence-corrected chi connectivity index (χ1v) is 49.4. The summed E-state index contributed by atoms with van der Waals surface area (Å²) in [5, 5.41) is 31.2. The Morgan fingerprint density at radius 1 is 0.168 bits per heavy atom. The third-order valence-electron chi connectivity index (χ3n) is 27.4. The highest BCUT2D eigenvalue weighted by Crippen LogP contribution is 2.53. The van der Waals surface area contributed by atoms with Gasteiger partial charge < -0.3 is 0 Å². The van der Waals surface area contributed by atoms with Crippen molar-refractivity contribution in [2.45, 2.75) is 6.92 Å². The van der Waals surface area contributed by atoms with Crippen LogP contribution in [0.5, 0.6) is 0 Å². The van der Waals surface area contributed by atoms with Crippen LogP contribution in [0.15, 0.2) is 419 Å². The van der Waals surface area contributed by atoms with Crippen molar-refractivity contribution >= 4 is 256 Å². The average Bonchev–Trinajstić information content (AvgIpc) is 1.63. The predicted octanol–water partition coefficient (Wildman–Crippen LogP) is 35.5. The van der Waals surface area contributed by atoms with Crippen LogP contribution in [0.2, 0.25) is 0 Å². The molecule has 0 spiro atoms. The molecule has 0 fully saturated rings. The molecule has 12 heteroatoms. The van der Waals surface area contributed by atoms with Crippen molar-refractivity contribution in [2.24, 2.45) is 0 Å². The van der Waals surface area contributed by atoms with E-state index in [1.165, 1.54) is 162 Å². The van der Waals surface area contributed by atoms with Crippen molar-refractivity contribution in [1.29, 1.82) is 0 Å². The Labute approximate surface area is 799 Å². The number of nitrogens with zero attached hydrogens (tertiary/aromatic N) is 8. The lowest BCUT2D eigenvalue weighted by molar-refractivity contribution is 1.20. The van der Waals surface area contributed by atoms with Crippen molar-refractivity contribution < 1.29 is 0 Å². The topological polar surface area (TPSA) is 103 Å². The zero-order valence-electron chi connectivity index (χ0n) is 73.5. The van der Waals surface area contributed by atoms with Crippen molar-refractivity contribution in [3.8, 4) is 79.2 Å². The first-order valence-electron chi connectivity index (χ1n) is 46.1. The maximum absolute atomic E-state index is 5.62. The molecule has 20 aromatic carbocycles. The minimum Gasteiger partial charge on any atom is -0.246 e.